The maximum Gasteiger partial charge on any atom is 0.166 e. The second-order valence-corrected chi connectivity index (χ2v) is 7.43. The zero-order chi connectivity index (χ0) is 15.5. The Balaban J connectivity index is 1.50. The standard InChI is InChI=1S/C18H27N3S/c1-21(2)17(14-6-4-3-5-7-14)12-19-18(22)20-16-11-13-8-9-15(16)10-13/h3-7,13,15-17H,8-12H2,1-2H3,(H2,19,20,22)/t13-,15-,16-,17-/m0/s1. The van der Waals surface area contributed by atoms with Crippen molar-refractivity contribution in [2.45, 2.75) is 37.8 Å². The molecule has 0 aliphatic heterocycles. The topological polar surface area (TPSA) is 27.3 Å². The van der Waals surface area contributed by atoms with E-state index in [0.29, 0.717) is 12.1 Å². The smallest absolute Gasteiger partial charge is 0.166 e. The van der Waals surface area contributed by atoms with Crippen LogP contribution in [0.15, 0.2) is 30.3 Å². The number of hydrogen-bond donors (Lipinski definition) is 2. The number of fused-ring (bicyclic) bond motifs is 2. The normalized spacial score (nSPS) is 27.9. The fourth-order valence-electron chi connectivity index (χ4n) is 4.10. The van der Waals surface area contributed by atoms with E-state index in [0.717, 1.165) is 23.5 Å². The molecular formula is C18H27N3S. The van der Waals surface area contributed by atoms with E-state index in [9.17, 15) is 0 Å². The maximum absolute atomic E-state index is 5.52. The van der Waals surface area contributed by atoms with Crippen molar-refractivity contribution in [2.24, 2.45) is 11.8 Å². The quantitative estimate of drug-likeness (QED) is 0.817. The van der Waals surface area contributed by atoms with Gasteiger partial charge in [-0.25, -0.2) is 0 Å². The summed E-state index contributed by atoms with van der Waals surface area (Å²) in [7, 11) is 4.23. The average Bonchev–Trinajstić information content (AvgIpc) is 3.11. The van der Waals surface area contributed by atoms with E-state index >= 15 is 0 Å². The molecule has 2 aliphatic carbocycles. The van der Waals surface area contributed by atoms with Crippen LogP contribution in [0.1, 0.15) is 37.3 Å². The van der Waals surface area contributed by atoms with E-state index in [-0.39, 0.29) is 0 Å². The van der Waals surface area contributed by atoms with Gasteiger partial charge in [-0.15, -0.1) is 0 Å². The van der Waals surface area contributed by atoms with Crippen molar-refractivity contribution in [1.82, 2.24) is 15.5 Å². The lowest BCUT2D eigenvalue weighted by molar-refractivity contribution is 0.297. The molecule has 4 atom stereocenters. The fraction of sp³-hybridized carbons (Fsp3) is 0.611. The lowest BCUT2D eigenvalue weighted by atomic mass is 9.95. The molecule has 2 bridgehead atoms. The van der Waals surface area contributed by atoms with E-state index in [1.807, 2.05) is 0 Å². The molecule has 0 unspecified atom stereocenters. The van der Waals surface area contributed by atoms with Crippen molar-refractivity contribution < 1.29 is 0 Å². The van der Waals surface area contributed by atoms with Crippen LogP contribution < -0.4 is 10.6 Å². The molecular weight excluding hydrogens is 290 g/mol. The first-order valence-electron chi connectivity index (χ1n) is 8.39. The highest BCUT2D eigenvalue weighted by Gasteiger charge is 2.39. The molecule has 2 saturated carbocycles. The van der Waals surface area contributed by atoms with E-state index in [1.54, 1.807) is 0 Å². The third-order valence-corrected chi connectivity index (χ3v) is 5.58. The second kappa shape index (κ2) is 6.97. The van der Waals surface area contributed by atoms with Crippen LogP contribution in [-0.2, 0) is 0 Å². The van der Waals surface area contributed by atoms with Gasteiger partial charge in [0.1, 0.15) is 0 Å². The first-order valence-corrected chi connectivity index (χ1v) is 8.80. The average molecular weight is 318 g/mol. The summed E-state index contributed by atoms with van der Waals surface area (Å²) >= 11 is 5.52. The number of rotatable bonds is 5. The molecule has 3 nitrogen and oxygen atoms in total. The molecule has 0 aromatic heterocycles. The third kappa shape index (κ3) is 3.61. The molecule has 2 fully saturated rings. The number of benzene rings is 1. The van der Waals surface area contributed by atoms with Gasteiger partial charge < -0.3 is 15.5 Å². The molecule has 0 heterocycles. The van der Waals surface area contributed by atoms with Crippen LogP contribution in [0.2, 0.25) is 0 Å². The highest BCUT2D eigenvalue weighted by molar-refractivity contribution is 7.80. The molecule has 2 N–H and O–H groups in total. The third-order valence-electron chi connectivity index (χ3n) is 5.32. The molecule has 0 saturated heterocycles. The van der Waals surface area contributed by atoms with Gasteiger partial charge in [-0.3, -0.25) is 0 Å². The minimum Gasteiger partial charge on any atom is -0.361 e. The van der Waals surface area contributed by atoms with Gasteiger partial charge >= 0.3 is 0 Å². The number of likely N-dealkylation sites (N-methyl/N-ethyl adjacent to an activating group) is 1. The maximum atomic E-state index is 5.52. The summed E-state index contributed by atoms with van der Waals surface area (Å²) in [4.78, 5) is 2.24. The largest absolute Gasteiger partial charge is 0.361 e. The predicted molar refractivity (Wildman–Crippen MR) is 95.8 cm³/mol. The minimum atomic E-state index is 0.334. The van der Waals surface area contributed by atoms with E-state index in [2.05, 4.69) is 60.0 Å². The summed E-state index contributed by atoms with van der Waals surface area (Å²) < 4.78 is 0. The van der Waals surface area contributed by atoms with Crippen LogP contribution in [-0.4, -0.2) is 36.7 Å². The van der Waals surface area contributed by atoms with Crippen LogP contribution in [0.4, 0.5) is 0 Å². The zero-order valence-corrected chi connectivity index (χ0v) is 14.4. The molecule has 0 amide bonds. The predicted octanol–water partition coefficient (Wildman–Crippen LogP) is 2.94. The van der Waals surface area contributed by atoms with Crippen molar-refractivity contribution in [3.05, 3.63) is 35.9 Å². The Morgan fingerprint density at radius 2 is 2.00 bits per heavy atom. The van der Waals surface area contributed by atoms with E-state index < -0.39 is 0 Å². The van der Waals surface area contributed by atoms with E-state index in [1.165, 1.54) is 31.2 Å². The number of hydrogen-bond acceptors (Lipinski definition) is 2. The molecule has 4 heteroatoms. The van der Waals surface area contributed by atoms with Crippen molar-refractivity contribution in [1.29, 1.82) is 0 Å². The highest BCUT2D eigenvalue weighted by atomic mass is 32.1. The minimum absolute atomic E-state index is 0.334. The second-order valence-electron chi connectivity index (χ2n) is 7.03. The summed E-state index contributed by atoms with van der Waals surface area (Å²) in [5.41, 5.74) is 1.32. The van der Waals surface area contributed by atoms with Gasteiger partial charge in [0.25, 0.3) is 0 Å². The van der Waals surface area contributed by atoms with Gasteiger partial charge in [-0.1, -0.05) is 36.8 Å². The Kier molecular flexibility index (Phi) is 4.99. The lowest BCUT2D eigenvalue weighted by Crippen LogP contribution is -2.46. The van der Waals surface area contributed by atoms with Crippen LogP contribution in [0.3, 0.4) is 0 Å². The van der Waals surface area contributed by atoms with Gasteiger partial charge in [0.15, 0.2) is 5.11 Å². The molecule has 3 rings (SSSR count). The summed E-state index contributed by atoms with van der Waals surface area (Å²) in [6, 6.07) is 11.5. The van der Waals surface area contributed by atoms with Gasteiger partial charge in [-0.05, 0) is 63.0 Å². The molecule has 1 aromatic carbocycles. The summed E-state index contributed by atoms with van der Waals surface area (Å²) in [6.07, 6.45) is 5.53. The monoisotopic (exact) mass is 317 g/mol. The van der Waals surface area contributed by atoms with Crippen molar-refractivity contribution >= 4 is 17.3 Å². The zero-order valence-electron chi connectivity index (χ0n) is 13.6. The highest BCUT2D eigenvalue weighted by Crippen LogP contribution is 2.44. The number of thiocarbonyl (C=S) groups is 1. The van der Waals surface area contributed by atoms with Crippen molar-refractivity contribution in [3.63, 3.8) is 0 Å². The van der Waals surface area contributed by atoms with Gasteiger partial charge in [0.05, 0.1) is 6.04 Å². The molecule has 0 spiro atoms. The molecule has 22 heavy (non-hydrogen) atoms. The number of nitrogens with one attached hydrogen (secondary N) is 2. The number of nitrogens with zero attached hydrogens (tertiary/aromatic N) is 1. The van der Waals surface area contributed by atoms with Crippen LogP contribution in [0.25, 0.3) is 0 Å². The summed E-state index contributed by atoms with van der Waals surface area (Å²) in [5.74, 6) is 1.80. The molecule has 1 aromatic rings. The first-order chi connectivity index (χ1) is 10.6. The van der Waals surface area contributed by atoms with Gasteiger partial charge in [0.2, 0.25) is 0 Å². The van der Waals surface area contributed by atoms with Gasteiger partial charge in [-0.2, -0.15) is 0 Å². The van der Waals surface area contributed by atoms with E-state index in [4.69, 9.17) is 12.2 Å². The molecule has 120 valence electrons. The lowest BCUT2D eigenvalue weighted by Gasteiger charge is -2.28. The fourth-order valence-corrected chi connectivity index (χ4v) is 4.34. The van der Waals surface area contributed by atoms with Crippen molar-refractivity contribution in [2.75, 3.05) is 20.6 Å². The molecule has 2 aliphatic rings. The van der Waals surface area contributed by atoms with Crippen LogP contribution >= 0.6 is 12.2 Å². The molecule has 0 radical (unpaired) electrons. The summed E-state index contributed by atoms with van der Waals surface area (Å²) in [6.45, 7) is 0.837. The first kappa shape index (κ1) is 15.8. The summed E-state index contributed by atoms with van der Waals surface area (Å²) in [5, 5.41) is 7.81. The van der Waals surface area contributed by atoms with Gasteiger partial charge in [0, 0.05) is 12.6 Å². The Morgan fingerprint density at radius 3 is 2.59 bits per heavy atom. The van der Waals surface area contributed by atoms with Crippen molar-refractivity contribution in [3.8, 4) is 0 Å². The SMILES string of the molecule is CN(C)[C@@H](CNC(=S)N[C@H]1C[C@H]2CC[C@H]1C2)c1ccccc1. The van der Waals surface area contributed by atoms with Crippen LogP contribution in [0, 0.1) is 11.8 Å². The Hall–Kier alpha value is -1.13. The Bertz CT molecular complexity index is 502. The Morgan fingerprint density at radius 1 is 1.23 bits per heavy atom. The Labute approximate surface area is 139 Å². The van der Waals surface area contributed by atoms with Crippen LogP contribution in [0.5, 0.6) is 0 Å².